The lowest BCUT2D eigenvalue weighted by molar-refractivity contribution is 0.102. The third-order valence-corrected chi connectivity index (χ3v) is 2.56. The lowest BCUT2D eigenvalue weighted by atomic mass is 10.2. The Bertz CT molecular complexity index is 542. The normalized spacial score (nSPS) is 10.0. The molecular formula is C12H8BrFN2O. The van der Waals surface area contributed by atoms with E-state index >= 15 is 0 Å². The highest BCUT2D eigenvalue weighted by atomic mass is 79.9. The van der Waals surface area contributed by atoms with Crippen LogP contribution in [0.1, 0.15) is 10.4 Å². The molecule has 0 saturated carbocycles. The third-order valence-electron chi connectivity index (χ3n) is 2.09. The molecule has 0 aliphatic carbocycles. The van der Waals surface area contributed by atoms with E-state index in [4.69, 9.17) is 0 Å². The van der Waals surface area contributed by atoms with Gasteiger partial charge in [-0.2, -0.15) is 0 Å². The SMILES string of the molecule is O=C(Nc1ccc(Br)cn1)c1ccccc1F. The first-order valence-electron chi connectivity index (χ1n) is 4.84. The summed E-state index contributed by atoms with van der Waals surface area (Å²) in [4.78, 5) is 15.7. The van der Waals surface area contributed by atoms with E-state index in [1.807, 2.05) is 0 Å². The third kappa shape index (κ3) is 2.88. The van der Waals surface area contributed by atoms with Crippen LogP contribution in [0.3, 0.4) is 0 Å². The van der Waals surface area contributed by atoms with Gasteiger partial charge < -0.3 is 5.32 Å². The summed E-state index contributed by atoms with van der Waals surface area (Å²) in [6.45, 7) is 0. The summed E-state index contributed by atoms with van der Waals surface area (Å²) in [6.07, 6.45) is 1.55. The predicted octanol–water partition coefficient (Wildman–Crippen LogP) is 3.24. The Labute approximate surface area is 106 Å². The molecule has 86 valence electrons. The van der Waals surface area contributed by atoms with Crippen molar-refractivity contribution in [1.29, 1.82) is 0 Å². The van der Waals surface area contributed by atoms with Crippen LogP contribution in [0.5, 0.6) is 0 Å². The number of nitrogens with one attached hydrogen (secondary N) is 1. The largest absolute Gasteiger partial charge is 0.306 e. The van der Waals surface area contributed by atoms with Gasteiger partial charge in [0.25, 0.3) is 5.91 Å². The number of hydrogen-bond donors (Lipinski definition) is 1. The summed E-state index contributed by atoms with van der Waals surface area (Å²) in [7, 11) is 0. The van der Waals surface area contributed by atoms with Crippen LogP contribution in [-0.4, -0.2) is 10.9 Å². The van der Waals surface area contributed by atoms with Gasteiger partial charge in [-0.1, -0.05) is 12.1 Å². The minimum atomic E-state index is -0.554. The number of aromatic nitrogens is 1. The number of nitrogens with zero attached hydrogens (tertiary/aromatic N) is 1. The summed E-state index contributed by atoms with van der Waals surface area (Å²) in [6, 6.07) is 9.16. The lowest BCUT2D eigenvalue weighted by Gasteiger charge is -2.04. The quantitative estimate of drug-likeness (QED) is 0.924. The molecule has 0 saturated heterocycles. The van der Waals surface area contributed by atoms with Crippen molar-refractivity contribution in [1.82, 2.24) is 4.98 Å². The standard InChI is InChI=1S/C12H8BrFN2O/c13-8-5-6-11(15-7-8)16-12(17)9-3-1-2-4-10(9)14/h1-7H,(H,15,16,17). The average Bonchev–Trinajstić information content (AvgIpc) is 2.32. The molecule has 3 nitrogen and oxygen atoms in total. The van der Waals surface area contributed by atoms with Crippen molar-refractivity contribution in [3.63, 3.8) is 0 Å². The highest BCUT2D eigenvalue weighted by Crippen LogP contribution is 2.13. The molecule has 0 radical (unpaired) electrons. The molecule has 0 fully saturated rings. The average molecular weight is 295 g/mol. The molecule has 1 N–H and O–H groups in total. The van der Waals surface area contributed by atoms with E-state index in [1.165, 1.54) is 18.2 Å². The van der Waals surface area contributed by atoms with Gasteiger partial charge in [0.2, 0.25) is 0 Å². The summed E-state index contributed by atoms with van der Waals surface area (Å²) in [5.41, 5.74) is -0.00258. The fraction of sp³-hybridized carbons (Fsp3) is 0. The second-order valence-electron chi connectivity index (χ2n) is 3.30. The van der Waals surface area contributed by atoms with Gasteiger partial charge in [-0.3, -0.25) is 4.79 Å². The van der Waals surface area contributed by atoms with Gasteiger partial charge in [0.05, 0.1) is 5.56 Å². The fourth-order valence-corrected chi connectivity index (χ4v) is 1.51. The molecule has 17 heavy (non-hydrogen) atoms. The fourth-order valence-electron chi connectivity index (χ4n) is 1.28. The zero-order valence-corrected chi connectivity index (χ0v) is 10.2. The first-order chi connectivity index (χ1) is 8.16. The molecule has 2 rings (SSSR count). The number of halogens is 2. The number of hydrogen-bond acceptors (Lipinski definition) is 2. The molecule has 1 amide bonds. The van der Waals surface area contributed by atoms with Gasteiger partial charge in [-0.25, -0.2) is 9.37 Å². The van der Waals surface area contributed by atoms with Crippen LogP contribution in [0.4, 0.5) is 10.2 Å². The second kappa shape index (κ2) is 5.05. The maximum atomic E-state index is 13.3. The molecule has 1 aromatic heterocycles. The molecule has 0 spiro atoms. The van der Waals surface area contributed by atoms with Crippen LogP contribution in [0.2, 0.25) is 0 Å². The molecule has 1 heterocycles. The molecular weight excluding hydrogens is 287 g/mol. The van der Waals surface area contributed by atoms with Crippen LogP contribution in [0.25, 0.3) is 0 Å². The highest BCUT2D eigenvalue weighted by molar-refractivity contribution is 9.10. The van der Waals surface area contributed by atoms with Crippen molar-refractivity contribution < 1.29 is 9.18 Å². The molecule has 0 aliphatic heterocycles. The number of carbonyl (C=O) groups excluding carboxylic acids is 1. The van der Waals surface area contributed by atoms with E-state index in [9.17, 15) is 9.18 Å². The summed E-state index contributed by atoms with van der Waals surface area (Å²) in [5, 5.41) is 2.52. The van der Waals surface area contributed by atoms with Crippen LogP contribution < -0.4 is 5.32 Å². The maximum absolute atomic E-state index is 13.3. The number of benzene rings is 1. The zero-order valence-electron chi connectivity index (χ0n) is 8.65. The van der Waals surface area contributed by atoms with Gasteiger partial charge >= 0.3 is 0 Å². The van der Waals surface area contributed by atoms with Crippen molar-refractivity contribution in [3.8, 4) is 0 Å². The van der Waals surface area contributed by atoms with Gasteiger partial charge in [0.15, 0.2) is 0 Å². The van der Waals surface area contributed by atoms with Crippen molar-refractivity contribution in [2.75, 3.05) is 5.32 Å². The minimum Gasteiger partial charge on any atom is -0.306 e. The van der Waals surface area contributed by atoms with E-state index in [0.717, 1.165) is 4.47 Å². The monoisotopic (exact) mass is 294 g/mol. The maximum Gasteiger partial charge on any atom is 0.259 e. The molecule has 2 aromatic rings. The smallest absolute Gasteiger partial charge is 0.259 e. The molecule has 0 bridgehead atoms. The van der Waals surface area contributed by atoms with Crippen molar-refractivity contribution >= 4 is 27.7 Å². The second-order valence-corrected chi connectivity index (χ2v) is 4.21. The van der Waals surface area contributed by atoms with Gasteiger partial charge in [0, 0.05) is 10.7 Å². The van der Waals surface area contributed by atoms with Crippen LogP contribution >= 0.6 is 15.9 Å². The first kappa shape index (κ1) is 11.7. The van der Waals surface area contributed by atoms with Crippen molar-refractivity contribution in [2.24, 2.45) is 0 Å². The molecule has 0 unspecified atom stereocenters. The lowest BCUT2D eigenvalue weighted by Crippen LogP contribution is -2.14. The summed E-state index contributed by atoms with van der Waals surface area (Å²) in [5.74, 6) is -0.693. The number of amides is 1. The molecule has 5 heteroatoms. The topological polar surface area (TPSA) is 42.0 Å². The van der Waals surface area contributed by atoms with Gasteiger partial charge in [0.1, 0.15) is 11.6 Å². The van der Waals surface area contributed by atoms with E-state index in [2.05, 4.69) is 26.2 Å². The number of rotatable bonds is 2. The summed E-state index contributed by atoms with van der Waals surface area (Å²) < 4.78 is 14.1. The molecule has 0 atom stereocenters. The predicted molar refractivity (Wildman–Crippen MR) is 66.3 cm³/mol. The zero-order chi connectivity index (χ0) is 12.3. The van der Waals surface area contributed by atoms with Crippen molar-refractivity contribution in [2.45, 2.75) is 0 Å². The Kier molecular flexibility index (Phi) is 3.49. The Hall–Kier alpha value is -1.75. The Morgan fingerprint density at radius 2 is 2.00 bits per heavy atom. The van der Waals surface area contributed by atoms with Gasteiger partial charge in [-0.05, 0) is 40.2 Å². The summed E-state index contributed by atoms with van der Waals surface area (Å²) >= 11 is 3.23. The van der Waals surface area contributed by atoms with E-state index in [0.29, 0.717) is 5.82 Å². The Balaban J connectivity index is 2.17. The van der Waals surface area contributed by atoms with Crippen LogP contribution in [0, 0.1) is 5.82 Å². The number of anilines is 1. The van der Waals surface area contributed by atoms with E-state index in [1.54, 1.807) is 24.4 Å². The Morgan fingerprint density at radius 1 is 1.24 bits per heavy atom. The molecule has 0 aliphatic rings. The Morgan fingerprint density at radius 3 is 2.65 bits per heavy atom. The number of pyridine rings is 1. The van der Waals surface area contributed by atoms with E-state index < -0.39 is 11.7 Å². The first-order valence-corrected chi connectivity index (χ1v) is 5.63. The van der Waals surface area contributed by atoms with Crippen LogP contribution in [-0.2, 0) is 0 Å². The van der Waals surface area contributed by atoms with E-state index in [-0.39, 0.29) is 5.56 Å². The van der Waals surface area contributed by atoms with Crippen molar-refractivity contribution in [3.05, 3.63) is 58.4 Å². The van der Waals surface area contributed by atoms with Gasteiger partial charge in [-0.15, -0.1) is 0 Å². The highest BCUT2D eigenvalue weighted by Gasteiger charge is 2.10. The number of carbonyl (C=O) groups is 1. The minimum absolute atomic E-state index is 0.00258. The molecule has 1 aromatic carbocycles. The van der Waals surface area contributed by atoms with Crippen LogP contribution in [0.15, 0.2) is 47.1 Å².